The van der Waals surface area contributed by atoms with Crippen molar-refractivity contribution in [3.05, 3.63) is 0 Å². The van der Waals surface area contributed by atoms with E-state index in [0.29, 0.717) is 6.41 Å². The van der Waals surface area contributed by atoms with Gasteiger partial charge in [0.1, 0.15) is 12.6 Å². The monoisotopic (exact) mass is 157 g/mol. The smallest absolute Gasteiger partial charge is 0.325 e. The highest BCUT2D eigenvalue weighted by molar-refractivity contribution is 5.74. The maximum atomic E-state index is 10.8. The summed E-state index contributed by atoms with van der Waals surface area (Å²) in [5.41, 5.74) is 0. The van der Waals surface area contributed by atoms with E-state index in [9.17, 15) is 9.59 Å². The van der Waals surface area contributed by atoms with Crippen molar-refractivity contribution < 1.29 is 14.3 Å². The summed E-state index contributed by atoms with van der Waals surface area (Å²) in [7, 11) is 0. The molecule has 1 aliphatic carbocycles. The molecule has 4 nitrogen and oxygen atoms in total. The first-order valence-corrected chi connectivity index (χ1v) is 3.69. The molecule has 1 rings (SSSR count). The fraction of sp³-hybridized carbons (Fsp3) is 0.714. The molecule has 0 atom stereocenters. The Kier molecular flexibility index (Phi) is 2.89. The van der Waals surface area contributed by atoms with Gasteiger partial charge in [0, 0.05) is 0 Å². The van der Waals surface area contributed by atoms with E-state index >= 15 is 0 Å². The normalized spacial score (nSPS) is 16.7. The van der Waals surface area contributed by atoms with Gasteiger partial charge in [-0.25, -0.2) is 0 Å². The summed E-state index contributed by atoms with van der Waals surface area (Å²) in [5.74, 6) is -0.346. The number of hydrogen-bond donors (Lipinski definition) is 1. The molecule has 0 unspecified atom stereocenters. The number of ether oxygens (including phenoxy) is 1. The number of hydrogen-bond acceptors (Lipinski definition) is 3. The Labute approximate surface area is 64.9 Å². The van der Waals surface area contributed by atoms with Crippen LogP contribution in [0.2, 0.25) is 0 Å². The Balaban J connectivity index is 2.04. The highest BCUT2D eigenvalue weighted by Crippen LogP contribution is 2.21. The number of nitrogens with one attached hydrogen (secondary N) is 1. The average molecular weight is 157 g/mol. The van der Waals surface area contributed by atoms with Crippen molar-refractivity contribution >= 4 is 12.4 Å². The number of amides is 1. The molecule has 1 amide bonds. The van der Waals surface area contributed by atoms with Crippen LogP contribution in [0.1, 0.15) is 19.3 Å². The zero-order valence-corrected chi connectivity index (χ0v) is 6.21. The lowest BCUT2D eigenvalue weighted by atomic mass is 9.96. The minimum absolute atomic E-state index is 0.0139. The molecule has 62 valence electrons. The standard InChI is InChI=1S/C7H11NO3/c9-5-8-4-7(10)11-6-2-1-3-6/h5-6H,1-4H2,(H,8,9). The number of carbonyl (C=O) groups is 2. The van der Waals surface area contributed by atoms with Crippen LogP contribution in [0, 0.1) is 0 Å². The molecule has 0 saturated heterocycles. The summed E-state index contributed by atoms with van der Waals surface area (Å²) in [5, 5.41) is 2.25. The zero-order valence-electron chi connectivity index (χ0n) is 6.21. The SMILES string of the molecule is O=CNCC(=O)OC1CCC1. The maximum Gasteiger partial charge on any atom is 0.325 e. The quantitative estimate of drug-likeness (QED) is 0.455. The molecule has 0 aromatic heterocycles. The Bertz CT molecular complexity index is 154. The van der Waals surface area contributed by atoms with E-state index in [2.05, 4.69) is 5.32 Å². The predicted octanol–water partition coefficient (Wildman–Crippen LogP) is -0.172. The van der Waals surface area contributed by atoms with Crippen LogP contribution in [0.25, 0.3) is 0 Å². The zero-order chi connectivity index (χ0) is 8.10. The third-order valence-corrected chi connectivity index (χ3v) is 1.68. The summed E-state index contributed by atoms with van der Waals surface area (Å²) in [6.45, 7) is -0.0139. The van der Waals surface area contributed by atoms with Gasteiger partial charge in [-0.1, -0.05) is 0 Å². The second-order valence-electron chi connectivity index (χ2n) is 2.54. The molecular formula is C7H11NO3. The Morgan fingerprint density at radius 3 is 2.82 bits per heavy atom. The molecule has 1 aliphatic rings. The first kappa shape index (κ1) is 8.04. The van der Waals surface area contributed by atoms with Crippen molar-refractivity contribution in [2.45, 2.75) is 25.4 Å². The molecule has 0 heterocycles. The lowest BCUT2D eigenvalue weighted by molar-refractivity contribution is -0.152. The van der Waals surface area contributed by atoms with Crippen molar-refractivity contribution in [2.24, 2.45) is 0 Å². The molecule has 4 heteroatoms. The first-order valence-electron chi connectivity index (χ1n) is 3.69. The van der Waals surface area contributed by atoms with E-state index in [0.717, 1.165) is 19.3 Å². The maximum absolute atomic E-state index is 10.8. The van der Waals surface area contributed by atoms with E-state index in [-0.39, 0.29) is 18.6 Å². The molecule has 11 heavy (non-hydrogen) atoms. The lowest BCUT2D eigenvalue weighted by Gasteiger charge is -2.24. The van der Waals surface area contributed by atoms with Crippen LogP contribution >= 0.6 is 0 Å². The van der Waals surface area contributed by atoms with Crippen LogP contribution in [-0.2, 0) is 14.3 Å². The van der Waals surface area contributed by atoms with E-state index in [4.69, 9.17) is 4.74 Å². The van der Waals surface area contributed by atoms with Crippen LogP contribution < -0.4 is 5.32 Å². The van der Waals surface area contributed by atoms with Gasteiger partial charge in [-0.2, -0.15) is 0 Å². The molecule has 0 aromatic rings. The van der Waals surface area contributed by atoms with Crippen LogP contribution in [0.4, 0.5) is 0 Å². The van der Waals surface area contributed by atoms with Crippen LogP contribution in [0.5, 0.6) is 0 Å². The summed E-state index contributed by atoms with van der Waals surface area (Å²) in [6, 6.07) is 0. The van der Waals surface area contributed by atoms with Gasteiger partial charge in [0.2, 0.25) is 6.41 Å². The topological polar surface area (TPSA) is 55.4 Å². The summed E-state index contributed by atoms with van der Waals surface area (Å²) >= 11 is 0. The Hall–Kier alpha value is -1.06. The van der Waals surface area contributed by atoms with E-state index in [1.54, 1.807) is 0 Å². The van der Waals surface area contributed by atoms with Gasteiger partial charge in [0.05, 0.1) is 0 Å². The molecule has 0 aliphatic heterocycles. The van der Waals surface area contributed by atoms with Gasteiger partial charge in [-0.15, -0.1) is 0 Å². The van der Waals surface area contributed by atoms with Crippen molar-refractivity contribution in [2.75, 3.05) is 6.54 Å². The molecule has 0 bridgehead atoms. The van der Waals surface area contributed by atoms with Gasteiger partial charge < -0.3 is 10.1 Å². The summed E-state index contributed by atoms with van der Waals surface area (Å²) in [6.07, 6.45) is 3.66. The van der Waals surface area contributed by atoms with Crippen LogP contribution in [0.3, 0.4) is 0 Å². The third kappa shape index (κ3) is 2.57. The van der Waals surface area contributed by atoms with Crippen LogP contribution in [-0.4, -0.2) is 25.0 Å². The van der Waals surface area contributed by atoms with Gasteiger partial charge >= 0.3 is 5.97 Å². The van der Waals surface area contributed by atoms with Crippen molar-refractivity contribution in [1.29, 1.82) is 0 Å². The van der Waals surface area contributed by atoms with Gasteiger partial charge in [-0.3, -0.25) is 9.59 Å². The fourth-order valence-electron chi connectivity index (χ4n) is 0.841. The second kappa shape index (κ2) is 3.95. The lowest BCUT2D eigenvalue weighted by Crippen LogP contribution is -2.30. The van der Waals surface area contributed by atoms with Gasteiger partial charge in [0.25, 0.3) is 0 Å². The van der Waals surface area contributed by atoms with Gasteiger partial charge in [-0.05, 0) is 19.3 Å². The average Bonchev–Trinajstić information content (AvgIpc) is 1.93. The van der Waals surface area contributed by atoms with E-state index in [1.165, 1.54) is 0 Å². The summed E-state index contributed by atoms with van der Waals surface area (Å²) in [4.78, 5) is 20.5. The van der Waals surface area contributed by atoms with Crippen molar-refractivity contribution in [3.8, 4) is 0 Å². The molecule has 0 spiro atoms. The molecule has 1 N–H and O–H groups in total. The number of carbonyl (C=O) groups excluding carboxylic acids is 2. The largest absolute Gasteiger partial charge is 0.461 e. The molecule has 1 fully saturated rings. The third-order valence-electron chi connectivity index (χ3n) is 1.68. The molecular weight excluding hydrogens is 146 g/mol. The Morgan fingerprint density at radius 1 is 1.64 bits per heavy atom. The van der Waals surface area contributed by atoms with Crippen LogP contribution in [0.15, 0.2) is 0 Å². The van der Waals surface area contributed by atoms with Crippen molar-refractivity contribution in [1.82, 2.24) is 5.32 Å². The minimum Gasteiger partial charge on any atom is -0.461 e. The van der Waals surface area contributed by atoms with E-state index < -0.39 is 0 Å². The number of rotatable bonds is 4. The highest BCUT2D eigenvalue weighted by atomic mass is 16.5. The minimum atomic E-state index is -0.346. The second-order valence-corrected chi connectivity index (χ2v) is 2.54. The number of esters is 1. The fourth-order valence-corrected chi connectivity index (χ4v) is 0.841. The summed E-state index contributed by atoms with van der Waals surface area (Å²) < 4.78 is 4.93. The predicted molar refractivity (Wildman–Crippen MR) is 37.8 cm³/mol. The molecule has 1 saturated carbocycles. The molecule has 0 aromatic carbocycles. The van der Waals surface area contributed by atoms with E-state index in [1.807, 2.05) is 0 Å². The van der Waals surface area contributed by atoms with Crippen molar-refractivity contribution in [3.63, 3.8) is 0 Å². The molecule has 0 radical (unpaired) electrons. The van der Waals surface area contributed by atoms with Gasteiger partial charge in [0.15, 0.2) is 0 Å². The Morgan fingerprint density at radius 2 is 2.36 bits per heavy atom. The first-order chi connectivity index (χ1) is 5.33. The highest BCUT2D eigenvalue weighted by Gasteiger charge is 2.20.